The fourth-order valence-electron chi connectivity index (χ4n) is 12.8. The van der Waals surface area contributed by atoms with Gasteiger partial charge in [-0.1, -0.05) is 70.8 Å². The van der Waals surface area contributed by atoms with Crippen LogP contribution in [-0.2, 0) is 0 Å². The van der Waals surface area contributed by atoms with Gasteiger partial charge >= 0.3 is 0 Å². The van der Waals surface area contributed by atoms with Crippen molar-refractivity contribution in [3.8, 4) is 23.0 Å². The smallest absolute Gasteiger partial charge is 0.262 e. The number of aryl methyl sites for hydroxylation is 8. The van der Waals surface area contributed by atoms with E-state index in [1.54, 1.807) is 0 Å². The number of hydrogen-bond acceptors (Lipinski definition) is 6. The van der Waals surface area contributed by atoms with Crippen molar-refractivity contribution >= 4 is 114 Å². The average Bonchev–Trinajstić information content (AvgIpc) is 3.33. The summed E-state index contributed by atoms with van der Waals surface area (Å²) in [6.45, 7) is 17.3. The molecule has 0 saturated heterocycles. The van der Waals surface area contributed by atoms with Crippen LogP contribution in [0.5, 0.6) is 23.0 Å². The number of benzene rings is 9. The third-order valence-electron chi connectivity index (χ3n) is 15.7. The van der Waals surface area contributed by atoms with Gasteiger partial charge < -0.3 is 29.1 Å². The van der Waals surface area contributed by atoms with Crippen LogP contribution in [0.2, 0.25) is 0 Å². The second kappa shape index (κ2) is 13.8. The summed E-state index contributed by atoms with van der Waals surface area (Å²) in [4.78, 5) is 10.1. The Bertz CT molecular complexity index is 3580. The van der Waals surface area contributed by atoms with Gasteiger partial charge in [-0.2, -0.15) is 0 Å². The Balaban J connectivity index is 1.13. The Morgan fingerprint density at radius 2 is 0.529 bits per heavy atom. The summed E-state index contributed by atoms with van der Waals surface area (Å²) >= 11 is 0. The van der Waals surface area contributed by atoms with Crippen molar-refractivity contribution in [3.63, 3.8) is 0 Å². The maximum absolute atomic E-state index is 7.68. The molecule has 0 fully saturated rings. The monoisotopic (exact) mass is 902 g/mol. The molecule has 0 N–H and O–H groups in total. The molecule has 0 unspecified atom stereocenters. The summed E-state index contributed by atoms with van der Waals surface area (Å²) in [5.74, 6) is 3.36. The van der Waals surface area contributed by atoms with Gasteiger partial charge in [0.1, 0.15) is 11.5 Å². The van der Waals surface area contributed by atoms with Crippen molar-refractivity contribution in [2.75, 3.05) is 19.6 Å². The topological polar surface area (TPSA) is 31.4 Å². The standard InChI is InChI=1S/C62H48B2N4O2/c1-33-9-17-41(18-10-33)65-45-25-37(5)27-47-53(45)63-55-49(65)29-39(7)31-51(55)69-61-57(63)59(67(47)43-21-13-35(3)14-22-43)60-58-62(61)70-52-32-40(8)30-50-56(52)64(58)54-46(66(50)42-19-11-34(2)12-20-42)26-38(6)28-48(54)68(60)44-23-15-36(4)16-24-44/h9-32H,1-8H3. The van der Waals surface area contributed by atoms with E-state index in [1.807, 2.05) is 0 Å². The molecule has 0 amide bonds. The molecule has 334 valence electrons. The highest BCUT2D eigenvalue weighted by Gasteiger charge is 2.57. The quantitative estimate of drug-likeness (QED) is 0.164. The molecular formula is C62H48B2N4O2. The van der Waals surface area contributed by atoms with Crippen LogP contribution in [0.15, 0.2) is 146 Å². The Hall–Kier alpha value is -8.09. The highest BCUT2D eigenvalue weighted by atomic mass is 16.5. The number of nitrogens with zero attached hydrogens (tertiary/aromatic N) is 4. The SMILES string of the molecule is Cc1ccc(N2c3cc(C)cc4c3B3c5c2cc(C)cc5N(c2ccc(C)cc2)c2c3c(c3c5c2N(c2ccc(C)cc2)c2cc(C)cc6c2B5c2c(cc(C)cc2N6c2ccc(C)cc2)O3)O4)cc1. The third-order valence-corrected chi connectivity index (χ3v) is 15.7. The molecule has 0 spiro atoms. The van der Waals surface area contributed by atoms with E-state index in [0.717, 1.165) is 90.5 Å². The molecule has 15 rings (SSSR count). The van der Waals surface area contributed by atoms with Crippen LogP contribution in [0.4, 0.5) is 68.2 Å². The molecule has 0 atom stereocenters. The fourth-order valence-corrected chi connectivity index (χ4v) is 12.8. The van der Waals surface area contributed by atoms with Crippen molar-refractivity contribution in [1.29, 1.82) is 0 Å². The molecule has 6 aliphatic rings. The molecule has 0 bridgehead atoms. The molecular weight excluding hydrogens is 854 g/mol. The van der Waals surface area contributed by atoms with Gasteiger partial charge in [0.05, 0.1) is 11.4 Å². The first kappa shape index (κ1) is 39.9. The number of rotatable bonds is 4. The lowest BCUT2D eigenvalue weighted by atomic mass is 9.29. The average molecular weight is 903 g/mol. The van der Waals surface area contributed by atoms with Gasteiger partial charge in [0, 0.05) is 67.8 Å². The number of ether oxygens (including phenoxy) is 2. The summed E-state index contributed by atoms with van der Waals surface area (Å²) in [6, 6.07) is 55.1. The second-order valence-corrected chi connectivity index (χ2v) is 20.8. The predicted molar refractivity (Wildman–Crippen MR) is 293 cm³/mol. The van der Waals surface area contributed by atoms with E-state index in [-0.39, 0.29) is 13.4 Å². The van der Waals surface area contributed by atoms with Crippen molar-refractivity contribution in [2.45, 2.75) is 55.4 Å². The van der Waals surface area contributed by atoms with E-state index in [4.69, 9.17) is 9.47 Å². The largest absolute Gasteiger partial charge is 0.454 e. The Kier molecular flexibility index (Phi) is 7.85. The van der Waals surface area contributed by atoms with E-state index in [1.165, 1.54) is 78.0 Å². The van der Waals surface area contributed by atoms with Crippen LogP contribution in [0.3, 0.4) is 0 Å². The third kappa shape index (κ3) is 5.20. The van der Waals surface area contributed by atoms with Gasteiger partial charge in [0.2, 0.25) is 0 Å². The maximum atomic E-state index is 7.68. The lowest BCUT2D eigenvalue weighted by Gasteiger charge is -2.52. The number of anilines is 12. The summed E-state index contributed by atoms with van der Waals surface area (Å²) in [5, 5.41) is 0. The van der Waals surface area contributed by atoms with Crippen LogP contribution in [0.1, 0.15) is 44.5 Å². The van der Waals surface area contributed by atoms with Crippen LogP contribution in [0.25, 0.3) is 0 Å². The van der Waals surface area contributed by atoms with Gasteiger partial charge in [0.15, 0.2) is 11.5 Å². The molecule has 0 saturated carbocycles. The van der Waals surface area contributed by atoms with Gasteiger partial charge in [-0.15, -0.1) is 0 Å². The molecule has 6 heterocycles. The summed E-state index contributed by atoms with van der Waals surface area (Å²) < 4.78 is 15.4. The lowest BCUT2D eigenvalue weighted by molar-refractivity contribution is 0.424. The first-order valence-corrected chi connectivity index (χ1v) is 24.6. The van der Waals surface area contributed by atoms with Crippen molar-refractivity contribution in [2.24, 2.45) is 0 Å². The minimum atomic E-state index is -0.157. The van der Waals surface area contributed by atoms with Crippen LogP contribution < -0.4 is 61.9 Å². The predicted octanol–water partition coefficient (Wildman–Crippen LogP) is 12.5. The van der Waals surface area contributed by atoms with Crippen LogP contribution in [0, 0.1) is 55.4 Å². The summed E-state index contributed by atoms with van der Waals surface area (Å²) in [6.07, 6.45) is 0. The van der Waals surface area contributed by atoms with Crippen molar-refractivity contribution in [3.05, 3.63) is 190 Å². The zero-order valence-electron chi connectivity index (χ0n) is 40.6. The Morgan fingerprint density at radius 1 is 0.271 bits per heavy atom. The minimum Gasteiger partial charge on any atom is -0.454 e. The molecule has 6 aliphatic heterocycles. The highest BCUT2D eigenvalue weighted by Crippen LogP contribution is 2.58. The van der Waals surface area contributed by atoms with E-state index in [0.29, 0.717) is 0 Å². The second-order valence-electron chi connectivity index (χ2n) is 20.8. The zero-order chi connectivity index (χ0) is 47.2. The summed E-state index contributed by atoms with van der Waals surface area (Å²) in [5.41, 5.74) is 30.5. The van der Waals surface area contributed by atoms with E-state index in [9.17, 15) is 0 Å². The molecule has 8 heteroatoms. The fraction of sp³-hybridized carbons (Fsp3) is 0.129. The molecule has 70 heavy (non-hydrogen) atoms. The first-order chi connectivity index (χ1) is 34.0. The Morgan fingerprint density at radius 3 is 0.843 bits per heavy atom. The van der Waals surface area contributed by atoms with Gasteiger partial charge in [-0.3, -0.25) is 0 Å². The highest BCUT2D eigenvalue weighted by molar-refractivity contribution is 7.04. The Labute approximate surface area is 410 Å². The van der Waals surface area contributed by atoms with Crippen LogP contribution >= 0.6 is 0 Å². The van der Waals surface area contributed by atoms with E-state index >= 15 is 0 Å². The normalized spacial score (nSPS) is 14.3. The van der Waals surface area contributed by atoms with Gasteiger partial charge in [0.25, 0.3) is 13.4 Å². The molecule has 6 nitrogen and oxygen atoms in total. The molecule has 9 aromatic rings. The molecule has 9 aromatic carbocycles. The van der Waals surface area contributed by atoms with Crippen LogP contribution in [-0.4, -0.2) is 13.4 Å². The van der Waals surface area contributed by atoms with E-state index in [2.05, 4.69) is 221 Å². The summed E-state index contributed by atoms with van der Waals surface area (Å²) in [7, 11) is 0. The number of fused-ring (bicyclic) bond motifs is 2. The lowest BCUT2D eigenvalue weighted by Crippen LogP contribution is -2.67. The van der Waals surface area contributed by atoms with Crippen molar-refractivity contribution in [1.82, 2.24) is 0 Å². The van der Waals surface area contributed by atoms with Crippen molar-refractivity contribution < 1.29 is 9.47 Å². The maximum Gasteiger partial charge on any atom is 0.262 e. The number of hydrogen-bond donors (Lipinski definition) is 0. The molecule has 0 aliphatic carbocycles. The zero-order valence-corrected chi connectivity index (χ0v) is 40.6. The van der Waals surface area contributed by atoms with Gasteiger partial charge in [-0.05, 0) is 197 Å². The van der Waals surface area contributed by atoms with E-state index < -0.39 is 0 Å². The molecule has 0 aromatic heterocycles. The minimum absolute atomic E-state index is 0.157. The van der Waals surface area contributed by atoms with Gasteiger partial charge in [-0.25, -0.2) is 0 Å². The first-order valence-electron chi connectivity index (χ1n) is 24.6. The molecule has 0 radical (unpaired) electrons.